The molecule has 0 bridgehead atoms. The first-order valence-electron chi connectivity index (χ1n) is 23.5. The van der Waals surface area contributed by atoms with Gasteiger partial charge in [-0.15, -0.1) is 11.3 Å². The third-order valence-corrected chi connectivity index (χ3v) is 17.8. The number of halogens is 2. The maximum absolute atomic E-state index is 16.7. The lowest BCUT2D eigenvalue weighted by Gasteiger charge is -2.45. The highest BCUT2D eigenvalue weighted by Gasteiger charge is 2.59. The van der Waals surface area contributed by atoms with Crippen LogP contribution in [-0.4, -0.2) is 106 Å². The van der Waals surface area contributed by atoms with Gasteiger partial charge in [-0.2, -0.15) is 0 Å². The Kier molecular flexibility index (Phi) is 13.2. The first-order chi connectivity index (χ1) is 31.6. The van der Waals surface area contributed by atoms with Crippen LogP contribution in [0, 0.1) is 0 Å². The molecule has 4 aromatic rings. The third kappa shape index (κ3) is 9.42. The maximum atomic E-state index is 16.7. The van der Waals surface area contributed by atoms with Gasteiger partial charge in [0.15, 0.2) is 0 Å². The van der Waals surface area contributed by atoms with Crippen molar-refractivity contribution in [3.05, 3.63) is 101 Å². The summed E-state index contributed by atoms with van der Waals surface area (Å²) in [5.74, 6) is -3.31. The number of nitrogens with zero attached hydrogens (tertiary/aromatic N) is 3. The van der Waals surface area contributed by atoms with Gasteiger partial charge in [0.1, 0.15) is 30.0 Å². The van der Waals surface area contributed by atoms with Crippen molar-refractivity contribution in [3.8, 4) is 5.75 Å². The van der Waals surface area contributed by atoms with Gasteiger partial charge >= 0.3 is 13.5 Å². The van der Waals surface area contributed by atoms with Crippen LogP contribution >= 0.6 is 18.9 Å². The first kappa shape index (κ1) is 46.4. The van der Waals surface area contributed by atoms with Crippen molar-refractivity contribution in [2.45, 2.75) is 151 Å². The Labute approximate surface area is 389 Å². The molecular formula is C50H60F2N5O7PS. The number of thiophene rings is 1. The number of hydrogen-bond donors (Lipinski definition) is 2. The van der Waals surface area contributed by atoms with E-state index < -0.39 is 55.7 Å². The van der Waals surface area contributed by atoms with E-state index in [2.05, 4.69) is 32.3 Å². The second-order valence-corrected chi connectivity index (χ2v) is 22.6. The van der Waals surface area contributed by atoms with Crippen molar-refractivity contribution in [1.29, 1.82) is 0 Å². The van der Waals surface area contributed by atoms with E-state index in [1.54, 1.807) is 61.2 Å². The van der Waals surface area contributed by atoms with Crippen molar-refractivity contribution in [2.75, 3.05) is 13.6 Å². The monoisotopic (exact) mass is 943 g/mol. The number of hydrogen-bond acceptors (Lipinski definition) is 9. The van der Waals surface area contributed by atoms with Crippen molar-refractivity contribution >= 4 is 52.6 Å². The van der Waals surface area contributed by atoms with Crippen LogP contribution in [0.15, 0.2) is 84.9 Å². The molecule has 66 heavy (non-hydrogen) atoms. The molecule has 5 aliphatic rings. The predicted octanol–water partition coefficient (Wildman–Crippen LogP) is 9.06. The number of carbonyl (C=O) groups excluding carboxylic acids is 4. The minimum Gasteiger partial charge on any atom is -0.462 e. The van der Waals surface area contributed by atoms with Crippen LogP contribution in [0.4, 0.5) is 8.78 Å². The fourth-order valence-electron chi connectivity index (χ4n) is 10.7. The first-order valence-corrected chi connectivity index (χ1v) is 26.0. The third-order valence-electron chi connectivity index (χ3n) is 14.6. The number of rotatable bonds is 14. The van der Waals surface area contributed by atoms with Crippen LogP contribution in [0.25, 0.3) is 10.1 Å². The minimum absolute atomic E-state index is 0.0104. The Hall–Kier alpha value is -4.69. The summed E-state index contributed by atoms with van der Waals surface area (Å²) in [5.41, 5.74) is 1.05. The lowest BCUT2D eigenvalue weighted by molar-refractivity contribution is -0.149. The highest BCUT2D eigenvalue weighted by molar-refractivity contribution is 7.57. The number of alkyl halides is 2. The Morgan fingerprint density at radius 3 is 2.30 bits per heavy atom. The lowest BCUT2D eigenvalue weighted by Crippen LogP contribution is -2.59. The van der Waals surface area contributed by atoms with E-state index >= 15 is 4.39 Å². The molecule has 9 rings (SSSR count). The van der Waals surface area contributed by atoms with Gasteiger partial charge < -0.3 is 29.3 Å². The number of para-hydroxylation sites is 1. The Morgan fingerprint density at radius 1 is 0.909 bits per heavy atom. The lowest BCUT2D eigenvalue weighted by atomic mass is 9.86. The van der Waals surface area contributed by atoms with Gasteiger partial charge in [-0.3, -0.25) is 23.7 Å². The highest BCUT2D eigenvalue weighted by Crippen LogP contribution is 2.58. The average Bonchev–Trinajstić information content (AvgIpc) is 3.56. The van der Waals surface area contributed by atoms with Crippen LogP contribution in [0.5, 0.6) is 5.75 Å². The molecule has 12 nitrogen and oxygen atoms in total. The topological polar surface area (TPSA) is 138 Å². The van der Waals surface area contributed by atoms with E-state index in [1.807, 2.05) is 25.2 Å². The van der Waals surface area contributed by atoms with Gasteiger partial charge in [-0.25, -0.2) is 13.9 Å². The number of amides is 3. The molecule has 1 aromatic heterocycles. The number of ether oxygens (including phenoxy) is 1. The zero-order valence-electron chi connectivity index (χ0n) is 37.9. The van der Waals surface area contributed by atoms with Gasteiger partial charge in [-0.1, -0.05) is 54.6 Å². The van der Waals surface area contributed by atoms with Crippen molar-refractivity contribution in [1.82, 2.24) is 25.1 Å². The molecule has 0 radical (unpaired) electrons. The van der Waals surface area contributed by atoms with Gasteiger partial charge in [0.25, 0.3) is 5.91 Å². The van der Waals surface area contributed by atoms with E-state index in [4.69, 9.17) is 9.26 Å². The van der Waals surface area contributed by atoms with Crippen LogP contribution in [-0.2, 0) is 23.7 Å². The molecule has 2 aliphatic carbocycles. The van der Waals surface area contributed by atoms with Gasteiger partial charge in [0.2, 0.25) is 17.7 Å². The molecule has 1 unspecified atom stereocenters. The average molecular weight is 944 g/mol. The normalized spacial score (nSPS) is 27.7. The molecule has 1 spiro atoms. The Bertz CT molecular complexity index is 2490. The van der Waals surface area contributed by atoms with E-state index in [0.717, 1.165) is 19.3 Å². The highest BCUT2D eigenvalue weighted by atomic mass is 32.1. The van der Waals surface area contributed by atoms with Crippen LogP contribution < -0.4 is 14.9 Å². The second-order valence-electron chi connectivity index (χ2n) is 19.4. The van der Waals surface area contributed by atoms with E-state index in [1.165, 1.54) is 36.0 Å². The predicted molar refractivity (Wildman–Crippen MR) is 250 cm³/mol. The number of esters is 1. The van der Waals surface area contributed by atoms with Crippen molar-refractivity contribution in [2.24, 2.45) is 0 Å². The fourth-order valence-corrected chi connectivity index (χ4v) is 13.6. The number of fused-ring (bicyclic) bond motifs is 2. The van der Waals surface area contributed by atoms with Gasteiger partial charge in [0.05, 0.1) is 11.0 Å². The molecule has 3 saturated heterocycles. The molecule has 8 atom stereocenters. The number of benzene rings is 3. The number of carbonyl (C=O) groups is 4. The van der Waals surface area contributed by atoms with Gasteiger partial charge in [0, 0.05) is 40.8 Å². The molecule has 4 heterocycles. The molecule has 5 fully saturated rings. The Balaban J connectivity index is 0.954. The number of nitrogens with one attached hydrogen (secondary N) is 2. The summed E-state index contributed by atoms with van der Waals surface area (Å²) in [5, 5.41) is 6.17. The molecule has 3 amide bonds. The zero-order chi connectivity index (χ0) is 46.5. The van der Waals surface area contributed by atoms with E-state index in [9.17, 15) is 28.1 Å². The quantitative estimate of drug-likeness (QED) is 0.0938. The largest absolute Gasteiger partial charge is 0.462 e. The van der Waals surface area contributed by atoms with Crippen molar-refractivity contribution in [3.63, 3.8) is 0 Å². The summed E-state index contributed by atoms with van der Waals surface area (Å²) in [7, 11) is -2.46. The maximum Gasteiger partial charge on any atom is 0.355 e. The summed E-state index contributed by atoms with van der Waals surface area (Å²) in [4.78, 5) is 63.1. The molecule has 2 N–H and O–H groups in total. The summed E-state index contributed by atoms with van der Waals surface area (Å²) >= 11 is 1.18. The molecule has 16 heteroatoms. The summed E-state index contributed by atoms with van der Waals surface area (Å²) in [6, 6.07) is 21.9. The number of likely N-dealkylation sites (tertiary alicyclic amines) is 1. The van der Waals surface area contributed by atoms with E-state index in [0.29, 0.717) is 66.5 Å². The summed E-state index contributed by atoms with van der Waals surface area (Å²) in [6.45, 7) is 5.40. The van der Waals surface area contributed by atoms with Gasteiger partial charge in [-0.05, 0) is 139 Å². The smallest absolute Gasteiger partial charge is 0.355 e. The summed E-state index contributed by atoms with van der Waals surface area (Å²) in [6.07, 6.45) is 5.31. The Morgan fingerprint density at radius 2 is 1.62 bits per heavy atom. The molecule has 352 valence electrons. The van der Waals surface area contributed by atoms with Crippen LogP contribution in [0.2, 0.25) is 0 Å². The van der Waals surface area contributed by atoms with Crippen LogP contribution in [0.1, 0.15) is 118 Å². The second kappa shape index (κ2) is 18.8. The summed E-state index contributed by atoms with van der Waals surface area (Å²) < 4.78 is 57.0. The molecular weight excluding hydrogens is 884 g/mol. The standard InChI is InChI=1S/C50H60F2N5O7PS/c1-30(2)63-49(61)31(3)54-65(62,64-40-13-9-6-10-14-40)45(52)33-15-20-43-34(23-33)24-44(66-43)46(58)53-41-18-16-37(55(4)39-25-36(51)26-39)27-38-17-19-42(57(38)47(41)59)48(60)56-29-35(28-50(56)21-22-50)32-11-7-5-8-12-32/h5-15,20,23-24,30-31,35-39,41-42,45H,16-19,21-22,25-29H2,1-4H3,(H,53,58)(H,54,62)/t31-,35+,36?,37-,38+,39?,41-,42-,45-,65?/m0/s1. The SMILES string of the molecule is CC(C)OC(=O)[C@H](C)NP(=O)(Oc1ccccc1)[C@H](F)c1ccc2sc(C(=O)N[C@H]3CC[C@H](N(C)C4CC(F)C4)C[C@H]4CC[C@@H](C(=O)N5C[C@H](c6ccccc6)CC56CC6)N4C3=O)cc2c1. The van der Waals surface area contributed by atoms with Crippen molar-refractivity contribution < 1.29 is 41.8 Å². The molecule has 3 aromatic carbocycles. The molecule has 2 saturated carbocycles. The fraction of sp³-hybridized carbons (Fsp3) is 0.520. The van der Waals surface area contributed by atoms with Crippen LogP contribution in [0.3, 0.4) is 0 Å². The zero-order valence-corrected chi connectivity index (χ0v) is 39.7. The van der Waals surface area contributed by atoms with E-state index in [-0.39, 0.29) is 52.7 Å². The molecule has 3 aliphatic heterocycles. The minimum atomic E-state index is -4.49.